The number of hydrogen-bond acceptors (Lipinski definition) is 2. The Morgan fingerprint density at radius 3 is 2.07 bits per heavy atom. The van der Waals surface area contributed by atoms with E-state index in [0.717, 1.165) is 6.54 Å². The summed E-state index contributed by atoms with van der Waals surface area (Å²) in [5, 5.41) is 0. The Bertz CT molecular complexity index is 295. The van der Waals surface area contributed by atoms with Gasteiger partial charge in [-0.05, 0) is 23.6 Å². The lowest BCUT2D eigenvalue weighted by Gasteiger charge is -2.20. The van der Waals surface area contributed by atoms with Crippen LogP contribution in [0, 0.1) is 0 Å². The van der Waals surface area contributed by atoms with Crippen LogP contribution in [0.5, 0.6) is 0 Å². The lowest BCUT2D eigenvalue weighted by Crippen LogP contribution is -2.25. The molecule has 1 rings (SSSR count). The highest BCUT2D eigenvalue weighted by Crippen LogP contribution is 2.22. The second-order valence-corrected chi connectivity index (χ2v) is 5.14. The highest BCUT2D eigenvalue weighted by Gasteiger charge is 2.12. The van der Waals surface area contributed by atoms with Crippen LogP contribution in [-0.2, 0) is 12.0 Å². The number of nitrogens with two attached hydrogens (primary N) is 1. The minimum atomic E-state index is 0.234. The van der Waals surface area contributed by atoms with Crippen molar-refractivity contribution in [2.75, 3.05) is 13.7 Å². The van der Waals surface area contributed by atoms with E-state index in [1.165, 1.54) is 11.1 Å². The van der Waals surface area contributed by atoms with E-state index < -0.39 is 0 Å². The molecule has 2 N–H and O–H groups in total. The van der Waals surface area contributed by atoms with Gasteiger partial charge in [0.15, 0.2) is 0 Å². The fourth-order valence-corrected chi connectivity index (χ4v) is 1.49. The lowest BCUT2D eigenvalue weighted by molar-refractivity contribution is 0.337. The highest BCUT2D eigenvalue weighted by molar-refractivity contribution is 5.27. The highest BCUT2D eigenvalue weighted by atomic mass is 15.1. The molecule has 0 saturated carbocycles. The van der Waals surface area contributed by atoms with Crippen LogP contribution in [0.4, 0.5) is 0 Å². The van der Waals surface area contributed by atoms with Crippen molar-refractivity contribution in [3.8, 4) is 0 Å². The maximum atomic E-state index is 5.54. The van der Waals surface area contributed by atoms with Crippen LogP contribution in [0.15, 0.2) is 24.3 Å². The molecule has 0 heterocycles. The fourth-order valence-electron chi connectivity index (χ4n) is 1.49. The first-order chi connectivity index (χ1) is 6.93. The molecule has 0 spiro atoms. The topological polar surface area (TPSA) is 29.3 Å². The summed E-state index contributed by atoms with van der Waals surface area (Å²) in [5.41, 5.74) is 8.47. The first kappa shape index (κ1) is 12.2. The summed E-state index contributed by atoms with van der Waals surface area (Å²) in [4.78, 5) is 2.09. The Hall–Kier alpha value is -0.860. The number of hydrogen-bond donors (Lipinski definition) is 1. The molecular formula is C13H22N2. The molecule has 0 aliphatic heterocycles. The molecule has 2 heteroatoms. The minimum Gasteiger partial charge on any atom is -0.318 e. The van der Waals surface area contributed by atoms with Crippen molar-refractivity contribution in [1.82, 2.24) is 4.90 Å². The summed E-state index contributed by atoms with van der Waals surface area (Å²) < 4.78 is 0. The summed E-state index contributed by atoms with van der Waals surface area (Å²) in [5.74, 6) is 0. The van der Waals surface area contributed by atoms with Crippen molar-refractivity contribution in [2.24, 2.45) is 5.73 Å². The van der Waals surface area contributed by atoms with Gasteiger partial charge in [-0.3, -0.25) is 4.90 Å². The molecule has 15 heavy (non-hydrogen) atoms. The second kappa shape index (κ2) is 4.77. The van der Waals surface area contributed by atoms with Crippen LogP contribution in [0.1, 0.15) is 31.9 Å². The van der Waals surface area contributed by atoms with Crippen molar-refractivity contribution < 1.29 is 0 Å². The van der Waals surface area contributed by atoms with Crippen LogP contribution in [-0.4, -0.2) is 18.6 Å². The third kappa shape index (κ3) is 3.65. The van der Waals surface area contributed by atoms with Crippen LogP contribution in [0.3, 0.4) is 0 Å². The molecule has 0 saturated heterocycles. The van der Waals surface area contributed by atoms with Gasteiger partial charge in [-0.2, -0.15) is 0 Å². The maximum Gasteiger partial charge on any atom is 0.0455 e. The van der Waals surface area contributed by atoms with Gasteiger partial charge in [-0.15, -0.1) is 0 Å². The van der Waals surface area contributed by atoms with Gasteiger partial charge in [0.2, 0.25) is 0 Å². The SMILES string of the molecule is CN(CN)Cc1ccc(C(C)(C)C)cc1. The summed E-state index contributed by atoms with van der Waals surface area (Å²) >= 11 is 0. The molecule has 0 aliphatic rings. The van der Waals surface area contributed by atoms with Crippen molar-refractivity contribution in [3.05, 3.63) is 35.4 Å². The monoisotopic (exact) mass is 206 g/mol. The predicted octanol–water partition coefficient (Wildman–Crippen LogP) is 2.33. The smallest absolute Gasteiger partial charge is 0.0455 e. The zero-order chi connectivity index (χ0) is 11.5. The summed E-state index contributed by atoms with van der Waals surface area (Å²) in [6, 6.07) is 8.79. The number of benzene rings is 1. The molecule has 0 fully saturated rings. The van der Waals surface area contributed by atoms with Gasteiger partial charge in [0.25, 0.3) is 0 Å². The summed E-state index contributed by atoms with van der Waals surface area (Å²) in [7, 11) is 2.03. The molecule has 0 aromatic heterocycles. The van der Waals surface area contributed by atoms with Crippen LogP contribution < -0.4 is 5.73 Å². The van der Waals surface area contributed by atoms with E-state index in [0.29, 0.717) is 6.67 Å². The van der Waals surface area contributed by atoms with Gasteiger partial charge in [-0.1, -0.05) is 45.0 Å². The van der Waals surface area contributed by atoms with Gasteiger partial charge in [0.1, 0.15) is 0 Å². The number of nitrogens with zero attached hydrogens (tertiary/aromatic N) is 1. The van der Waals surface area contributed by atoms with Gasteiger partial charge in [-0.25, -0.2) is 0 Å². The zero-order valence-corrected chi connectivity index (χ0v) is 10.2. The first-order valence-electron chi connectivity index (χ1n) is 5.41. The third-order valence-electron chi connectivity index (χ3n) is 2.58. The Balaban J connectivity index is 2.73. The molecule has 0 amide bonds. The van der Waals surface area contributed by atoms with Gasteiger partial charge < -0.3 is 5.73 Å². The molecule has 0 aliphatic carbocycles. The van der Waals surface area contributed by atoms with E-state index in [-0.39, 0.29) is 5.41 Å². The van der Waals surface area contributed by atoms with E-state index in [2.05, 4.69) is 49.9 Å². The molecule has 0 radical (unpaired) electrons. The molecular weight excluding hydrogens is 184 g/mol. The van der Waals surface area contributed by atoms with Crippen molar-refractivity contribution in [1.29, 1.82) is 0 Å². The Kier molecular flexibility index (Phi) is 3.89. The molecule has 1 aromatic rings. The maximum absolute atomic E-state index is 5.54. The second-order valence-electron chi connectivity index (χ2n) is 5.14. The predicted molar refractivity (Wildman–Crippen MR) is 65.7 cm³/mol. The largest absolute Gasteiger partial charge is 0.318 e. The first-order valence-corrected chi connectivity index (χ1v) is 5.41. The standard InChI is InChI=1S/C13H22N2/c1-13(2,3)12-7-5-11(6-8-12)9-15(4)10-14/h5-8H,9-10,14H2,1-4H3. The third-order valence-corrected chi connectivity index (χ3v) is 2.58. The van der Waals surface area contributed by atoms with E-state index in [1.54, 1.807) is 0 Å². The minimum absolute atomic E-state index is 0.234. The lowest BCUT2D eigenvalue weighted by atomic mass is 9.87. The quantitative estimate of drug-likeness (QED) is 0.769. The van der Waals surface area contributed by atoms with Gasteiger partial charge in [0.05, 0.1) is 0 Å². The van der Waals surface area contributed by atoms with E-state index >= 15 is 0 Å². The molecule has 84 valence electrons. The normalized spacial score (nSPS) is 12.1. The molecule has 0 atom stereocenters. The number of rotatable bonds is 3. The fraction of sp³-hybridized carbons (Fsp3) is 0.538. The molecule has 0 unspecified atom stereocenters. The van der Waals surface area contributed by atoms with E-state index in [1.807, 2.05) is 7.05 Å². The zero-order valence-electron chi connectivity index (χ0n) is 10.2. The Morgan fingerprint density at radius 2 is 1.67 bits per heavy atom. The van der Waals surface area contributed by atoms with Crippen molar-refractivity contribution in [2.45, 2.75) is 32.7 Å². The van der Waals surface area contributed by atoms with Gasteiger partial charge >= 0.3 is 0 Å². The van der Waals surface area contributed by atoms with Crippen LogP contribution in [0.25, 0.3) is 0 Å². The van der Waals surface area contributed by atoms with Crippen molar-refractivity contribution in [3.63, 3.8) is 0 Å². The van der Waals surface area contributed by atoms with Crippen LogP contribution in [0.2, 0.25) is 0 Å². The van der Waals surface area contributed by atoms with E-state index in [4.69, 9.17) is 5.73 Å². The average Bonchev–Trinajstić information content (AvgIpc) is 2.17. The summed E-state index contributed by atoms with van der Waals surface area (Å²) in [6.45, 7) is 8.21. The Morgan fingerprint density at radius 1 is 1.13 bits per heavy atom. The van der Waals surface area contributed by atoms with Crippen LogP contribution >= 0.6 is 0 Å². The molecule has 0 bridgehead atoms. The molecule has 2 nitrogen and oxygen atoms in total. The average molecular weight is 206 g/mol. The summed E-state index contributed by atoms with van der Waals surface area (Å²) in [6.07, 6.45) is 0. The van der Waals surface area contributed by atoms with E-state index in [9.17, 15) is 0 Å². The van der Waals surface area contributed by atoms with Gasteiger partial charge in [0, 0.05) is 13.2 Å². The molecule has 1 aromatic carbocycles. The van der Waals surface area contributed by atoms with Crippen molar-refractivity contribution >= 4 is 0 Å². The Labute approximate surface area is 93.1 Å².